The summed E-state index contributed by atoms with van der Waals surface area (Å²) >= 11 is 0. The average Bonchev–Trinajstić information content (AvgIpc) is 3.24. The van der Waals surface area contributed by atoms with Crippen LogP contribution >= 0.6 is 0 Å². The van der Waals surface area contributed by atoms with E-state index in [9.17, 15) is 4.39 Å². The number of fused-ring (bicyclic) bond motifs is 1. The van der Waals surface area contributed by atoms with Crippen molar-refractivity contribution in [1.82, 2.24) is 15.4 Å². The molecule has 5 heteroatoms. The fourth-order valence-corrected chi connectivity index (χ4v) is 3.51. The van der Waals surface area contributed by atoms with Crippen LogP contribution in [0.15, 0.2) is 84.2 Å². The molecule has 0 aliphatic carbocycles. The molecule has 4 nitrogen and oxygen atoms in total. The first-order valence-electron chi connectivity index (χ1n) is 9.15. The number of rotatable bonds is 3. The van der Waals surface area contributed by atoms with E-state index in [2.05, 4.69) is 44.8 Å². The van der Waals surface area contributed by atoms with Gasteiger partial charge in [-0.1, -0.05) is 42.5 Å². The van der Waals surface area contributed by atoms with Crippen LogP contribution in [0, 0.1) is 5.82 Å². The summed E-state index contributed by atoms with van der Waals surface area (Å²) in [4.78, 5) is 8.70. The summed E-state index contributed by atoms with van der Waals surface area (Å²) in [5, 5.41) is 4.54. The summed E-state index contributed by atoms with van der Waals surface area (Å²) < 4.78 is 13.1. The first-order chi connectivity index (χ1) is 13.8. The third-order valence-electron chi connectivity index (χ3n) is 5.04. The van der Waals surface area contributed by atoms with Gasteiger partial charge in [-0.15, -0.1) is 0 Å². The number of hydrazone groups is 1. The lowest BCUT2D eigenvalue weighted by Crippen LogP contribution is -2.10. The van der Waals surface area contributed by atoms with Gasteiger partial charge in [-0.3, -0.25) is 9.97 Å². The monoisotopic (exact) mass is 368 g/mol. The highest BCUT2D eigenvalue weighted by Gasteiger charge is 2.21. The number of hydrogen-bond acceptors (Lipinski definition) is 4. The van der Waals surface area contributed by atoms with Crippen molar-refractivity contribution in [3.63, 3.8) is 0 Å². The summed E-state index contributed by atoms with van der Waals surface area (Å²) in [5.41, 5.74) is 10.3. The topological polar surface area (TPSA) is 50.2 Å². The van der Waals surface area contributed by atoms with Gasteiger partial charge < -0.3 is 5.43 Å². The van der Waals surface area contributed by atoms with Crippen molar-refractivity contribution in [3.05, 3.63) is 96.1 Å². The molecule has 0 fully saturated rings. The fraction of sp³-hybridized carbons (Fsp3) is 0.0870. The van der Waals surface area contributed by atoms with Crippen LogP contribution in [0.5, 0.6) is 0 Å². The Morgan fingerprint density at radius 3 is 2.14 bits per heavy atom. The van der Waals surface area contributed by atoms with E-state index in [0.29, 0.717) is 0 Å². The van der Waals surface area contributed by atoms with Crippen LogP contribution in [0.25, 0.3) is 22.2 Å². The molecule has 1 atom stereocenters. The Morgan fingerprint density at radius 2 is 1.39 bits per heavy atom. The predicted molar refractivity (Wildman–Crippen MR) is 108 cm³/mol. The van der Waals surface area contributed by atoms with Gasteiger partial charge in [-0.05, 0) is 46.5 Å². The molecule has 0 saturated heterocycles. The molecule has 0 amide bonds. The smallest absolute Gasteiger partial charge is 0.123 e. The molecule has 3 aromatic carbocycles. The van der Waals surface area contributed by atoms with Gasteiger partial charge in [0.2, 0.25) is 0 Å². The lowest BCUT2D eigenvalue weighted by Gasteiger charge is -2.10. The van der Waals surface area contributed by atoms with E-state index >= 15 is 0 Å². The number of hydrogen-bond donors (Lipinski definition) is 1. The lowest BCUT2D eigenvalue weighted by molar-refractivity contribution is 0.620. The Balaban J connectivity index is 1.34. The maximum atomic E-state index is 13.1. The van der Waals surface area contributed by atoms with Gasteiger partial charge in [-0.2, -0.15) is 5.10 Å². The molecule has 1 N–H and O–H groups in total. The average molecular weight is 368 g/mol. The van der Waals surface area contributed by atoms with Crippen molar-refractivity contribution in [1.29, 1.82) is 0 Å². The highest BCUT2D eigenvalue weighted by atomic mass is 19.1. The third-order valence-corrected chi connectivity index (χ3v) is 5.04. The molecule has 1 aromatic heterocycles. The molecule has 2 heterocycles. The molecule has 0 saturated carbocycles. The molecule has 0 spiro atoms. The summed E-state index contributed by atoms with van der Waals surface area (Å²) in [6.45, 7) is 0. The van der Waals surface area contributed by atoms with Gasteiger partial charge in [0.25, 0.3) is 0 Å². The van der Waals surface area contributed by atoms with Crippen LogP contribution in [-0.4, -0.2) is 15.7 Å². The second kappa shape index (κ2) is 6.85. The first-order valence-corrected chi connectivity index (χ1v) is 9.15. The summed E-state index contributed by atoms with van der Waals surface area (Å²) in [6, 6.07) is 21.0. The first kappa shape index (κ1) is 16.6. The largest absolute Gasteiger partial charge is 0.302 e. The van der Waals surface area contributed by atoms with E-state index in [0.717, 1.165) is 45.4 Å². The molecule has 4 aromatic rings. The Labute approximate surface area is 161 Å². The van der Waals surface area contributed by atoms with Crippen LogP contribution in [0.3, 0.4) is 0 Å². The van der Waals surface area contributed by atoms with Crippen molar-refractivity contribution >= 4 is 16.7 Å². The summed E-state index contributed by atoms with van der Waals surface area (Å²) in [5.74, 6) is -0.225. The van der Waals surface area contributed by atoms with Crippen LogP contribution in [-0.2, 0) is 0 Å². The molecule has 1 aliphatic heterocycles. The molecule has 0 bridgehead atoms. The summed E-state index contributed by atoms with van der Waals surface area (Å²) in [7, 11) is 0. The second-order valence-corrected chi connectivity index (χ2v) is 6.83. The minimum Gasteiger partial charge on any atom is -0.302 e. The Kier molecular flexibility index (Phi) is 4.05. The van der Waals surface area contributed by atoms with E-state index in [4.69, 9.17) is 0 Å². The molecule has 1 unspecified atom stereocenters. The van der Waals surface area contributed by atoms with Gasteiger partial charge in [0, 0.05) is 18.8 Å². The van der Waals surface area contributed by atoms with Crippen LogP contribution < -0.4 is 5.43 Å². The number of nitrogens with zero attached hydrogens (tertiary/aromatic N) is 3. The molecule has 5 rings (SSSR count). The maximum absolute atomic E-state index is 13.1. The molecule has 136 valence electrons. The van der Waals surface area contributed by atoms with Crippen molar-refractivity contribution in [2.45, 2.75) is 12.5 Å². The normalized spacial score (nSPS) is 16.0. The molecular weight excluding hydrogens is 351 g/mol. The number of halogens is 1. The maximum Gasteiger partial charge on any atom is 0.123 e. The Hall–Kier alpha value is -3.60. The zero-order valence-corrected chi connectivity index (χ0v) is 15.0. The standard InChI is InChI=1S/C23H17FN4/c24-19-8-5-16(6-9-19)15-1-3-17(4-2-15)21-14-22(28-27-21)18-7-10-20-23(13-18)26-12-11-25-20/h1-13,22,28H,14H2. The van der Waals surface area contributed by atoms with Crippen LogP contribution in [0.2, 0.25) is 0 Å². The lowest BCUT2D eigenvalue weighted by atomic mass is 9.97. The highest BCUT2D eigenvalue weighted by Crippen LogP contribution is 2.27. The van der Waals surface area contributed by atoms with Gasteiger partial charge >= 0.3 is 0 Å². The van der Waals surface area contributed by atoms with Gasteiger partial charge in [0.1, 0.15) is 5.82 Å². The molecular formula is C23H17FN4. The van der Waals surface area contributed by atoms with E-state index in [1.165, 1.54) is 12.1 Å². The minimum absolute atomic E-state index is 0.123. The number of benzene rings is 3. The van der Waals surface area contributed by atoms with Crippen molar-refractivity contribution in [3.8, 4) is 11.1 Å². The van der Waals surface area contributed by atoms with Crippen molar-refractivity contribution < 1.29 is 4.39 Å². The zero-order chi connectivity index (χ0) is 18.9. The second-order valence-electron chi connectivity index (χ2n) is 6.83. The van der Waals surface area contributed by atoms with Gasteiger partial charge in [-0.25, -0.2) is 4.39 Å². The third kappa shape index (κ3) is 3.11. The Morgan fingerprint density at radius 1 is 0.750 bits per heavy atom. The van der Waals surface area contributed by atoms with E-state index < -0.39 is 0 Å². The van der Waals surface area contributed by atoms with Crippen molar-refractivity contribution in [2.75, 3.05) is 0 Å². The van der Waals surface area contributed by atoms with Gasteiger partial charge in [0.15, 0.2) is 0 Å². The predicted octanol–water partition coefficient (Wildman–Crippen LogP) is 4.87. The molecule has 1 aliphatic rings. The quantitative estimate of drug-likeness (QED) is 0.561. The van der Waals surface area contributed by atoms with Crippen LogP contribution in [0.4, 0.5) is 4.39 Å². The van der Waals surface area contributed by atoms with Gasteiger partial charge in [0.05, 0.1) is 22.8 Å². The number of aromatic nitrogens is 2. The van der Waals surface area contributed by atoms with Crippen LogP contribution in [0.1, 0.15) is 23.6 Å². The molecule has 0 radical (unpaired) electrons. The fourth-order valence-electron chi connectivity index (χ4n) is 3.51. The number of nitrogens with one attached hydrogen (secondary N) is 1. The van der Waals surface area contributed by atoms with Crippen molar-refractivity contribution in [2.24, 2.45) is 5.10 Å². The summed E-state index contributed by atoms with van der Waals surface area (Å²) in [6.07, 6.45) is 4.22. The van der Waals surface area contributed by atoms with E-state index in [-0.39, 0.29) is 11.9 Å². The zero-order valence-electron chi connectivity index (χ0n) is 15.0. The van der Waals surface area contributed by atoms with E-state index in [1.807, 2.05) is 18.2 Å². The Bertz CT molecular complexity index is 1170. The molecule has 28 heavy (non-hydrogen) atoms. The SMILES string of the molecule is Fc1ccc(-c2ccc(C3=NNC(c4ccc5nccnc5c4)C3)cc2)cc1. The highest BCUT2D eigenvalue weighted by molar-refractivity contribution is 6.02. The van der Waals surface area contributed by atoms with E-state index in [1.54, 1.807) is 24.5 Å². The minimum atomic E-state index is -0.225.